The fraction of sp³-hybridized carbons (Fsp3) is 0.429. The SMILES string of the molecule is N[C@@H](Cc1ccco1)C(F)(F)F. The molecule has 0 radical (unpaired) electrons. The van der Waals surface area contributed by atoms with Crippen LogP contribution in [0, 0.1) is 0 Å². The van der Waals surface area contributed by atoms with E-state index >= 15 is 0 Å². The summed E-state index contributed by atoms with van der Waals surface area (Å²) < 4.78 is 40.3. The molecule has 0 aromatic carbocycles. The Morgan fingerprint density at radius 1 is 1.50 bits per heavy atom. The summed E-state index contributed by atoms with van der Waals surface area (Å²) in [5.74, 6) is 0.250. The van der Waals surface area contributed by atoms with Crippen LogP contribution in [0.1, 0.15) is 5.76 Å². The highest BCUT2D eigenvalue weighted by molar-refractivity contribution is 5.01. The molecule has 2 N–H and O–H groups in total. The number of nitrogens with two attached hydrogens (primary N) is 1. The van der Waals surface area contributed by atoms with Crippen molar-refractivity contribution in [3.63, 3.8) is 0 Å². The van der Waals surface area contributed by atoms with Crippen LogP contribution in [0.4, 0.5) is 13.2 Å². The molecule has 5 heteroatoms. The first-order valence-corrected chi connectivity index (χ1v) is 3.35. The van der Waals surface area contributed by atoms with Gasteiger partial charge in [-0.05, 0) is 12.1 Å². The van der Waals surface area contributed by atoms with Crippen LogP contribution in [0.15, 0.2) is 22.8 Å². The van der Waals surface area contributed by atoms with E-state index in [2.05, 4.69) is 0 Å². The lowest BCUT2D eigenvalue weighted by Crippen LogP contribution is -2.38. The summed E-state index contributed by atoms with van der Waals surface area (Å²) in [6.45, 7) is 0. The maximum Gasteiger partial charge on any atom is 0.404 e. The van der Waals surface area contributed by atoms with Gasteiger partial charge in [0.2, 0.25) is 0 Å². The zero-order chi connectivity index (χ0) is 9.19. The van der Waals surface area contributed by atoms with Crippen LogP contribution in [0.2, 0.25) is 0 Å². The van der Waals surface area contributed by atoms with Gasteiger partial charge in [-0.1, -0.05) is 0 Å². The summed E-state index contributed by atoms with van der Waals surface area (Å²) in [7, 11) is 0. The molecule has 1 rings (SSSR count). The molecule has 0 amide bonds. The molecule has 1 aromatic rings. The highest BCUT2D eigenvalue weighted by Crippen LogP contribution is 2.21. The Bertz CT molecular complexity index is 229. The normalized spacial score (nSPS) is 14.7. The highest BCUT2D eigenvalue weighted by atomic mass is 19.4. The number of alkyl halides is 3. The monoisotopic (exact) mass is 179 g/mol. The Labute approximate surface area is 67.2 Å². The zero-order valence-electron chi connectivity index (χ0n) is 6.14. The van der Waals surface area contributed by atoms with Crippen LogP contribution in [0.25, 0.3) is 0 Å². The van der Waals surface area contributed by atoms with Gasteiger partial charge in [-0.2, -0.15) is 13.2 Å². The van der Waals surface area contributed by atoms with Crippen molar-refractivity contribution in [1.29, 1.82) is 0 Å². The molecular formula is C7H8F3NO. The quantitative estimate of drug-likeness (QED) is 0.750. The van der Waals surface area contributed by atoms with E-state index in [1.54, 1.807) is 0 Å². The van der Waals surface area contributed by atoms with E-state index in [1.807, 2.05) is 0 Å². The molecule has 2 nitrogen and oxygen atoms in total. The molecule has 0 aliphatic carbocycles. The predicted molar refractivity (Wildman–Crippen MR) is 36.4 cm³/mol. The smallest absolute Gasteiger partial charge is 0.404 e. The summed E-state index contributed by atoms with van der Waals surface area (Å²) in [4.78, 5) is 0. The minimum absolute atomic E-state index is 0.250. The van der Waals surface area contributed by atoms with Crippen molar-refractivity contribution in [2.24, 2.45) is 5.73 Å². The van der Waals surface area contributed by atoms with E-state index in [-0.39, 0.29) is 12.2 Å². The van der Waals surface area contributed by atoms with Crippen LogP contribution in [-0.4, -0.2) is 12.2 Å². The lowest BCUT2D eigenvalue weighted by atomic mass is 10.2. The largest absolute Gasteiger partial charge is 0.469 e. The van der Waals surface area contributed by atoms with Gasteiger partial charge < -0.3 is 10.2 Å². The van der Waals surface area contributed by atoms with E-state index < -0.39 is 12.2 Å². The molecule has 1 atom stereocenters. The van der Waals surface area contributed by atoms with Crippen molar-refractivity contribution >= 4 is 0 Å². The summed E-state index contributed by atoms with van der Waals surface area (Å²) in [5.41, 5.74) is 4.86. The van der Waals surface area contributed by atoms with Crippen LogP contribution < -0.4 is 5.73 Å². The van der Waals surface area contributed by atoms with Crippen LogP contribution in [0.3, 0.4) is 0 Å². The van der Waals surface area contributed by atoms with Crippen molar-refractivity contribution in [3.8, 4) is 0 Å². The van der Waals surface area contributed by atoms with Crippen molar-refractivity contribution in [2.75, 3.05) is 0 Å². The number of hydrogen-bond donors (Lipinski definition) is 1. The maximum absolute atomic E-state index is 11.9. The van der Waals surface area contributed by atoms with Crippen molar-refractivity contribution in [1.82, 2.24) is 0 Å². The average Bonchev–Trinajstić information content (AvgIpc) is 2.37. The summed E-state index contributed by atoms with van der Waals surface area (Å²) in [6.07, 6.45) is -3.35. The molecular weight excluding hydrogens is 171 g/mol. The summed E-state index contributed by atoms with van der Waals surface area (Å²) >= 11 is 0. The van der Waals surface area contributed by atoms with Gasteiger partial charge in [-0.3, -0.25) is 0 Å². The molecule has 68 valence electrons. The first kappa shape index (κ1) is 9.12. The van der Waals surface area contributed by atoms with E-state index in [0.717, 1.165) is 0 Å². The predicted octanol–water partition coefficient (Wildman–Crippen LogP) is 1.71. The van der Waals surface area contributed by atoms with Crippen molar-refractivity contribution < 1.29 is 17.6 Å². The molecule has 1 aromatic heterocycles. The van der Waals surface area contributed by atoms with Crippen molar-refractivity contribution in [2.45, 2.75) is 18.6 Å². The van der Waals surface area contributed by atoms with Gasteiger partial charge in [0.15, 0.2) is 0 Å². The molecule has 12 heavy (non-hydrogen) atoms. The third-order valence-electron chi connectivity index (χ3n) is 1.42. The number of furan rings is 1. The van der Waals surface area contributed by atoms with Gasteiger partial charge in [-0.25, -0.2) is 0 Å². The van der Waals surface area contributed by atoms with Gasteiger partial charge in [0.05, 0.1) is 6.26 Å². The Kier molecular flexibility index (Phi) is 2.42. The number of halogens is 3. The second-order valence-corrected chi connectivity index (χ2v) is 2.43. The molecule has 0 spiro atoms. The van der Waals surface area contributed by atoms with E-state index in [9.17, 15) is 13.2 Å². The molecule has 1 heterocycles. The fourth-order valence-corrected chi connectivity index (χ4v) is 0.761. The Balaban J connectivity index is 2.53. The van der Waals surface area contributed by atoms with Gasteiger partial charge in [0.1, 0.15) is 11.8 Å². The van der Waals surface area contributed by atoms with Crippen molar-refractivity contribution in [3.05, 3.63) is 24.2 Å². The molecule has 0 unspecified atom stereocenters. The molecule has 0 bridgehead atoms. The standard InChI is InChI=1S/C7H8F3NO/c8-7(9,10)6(11)4-5-2-1-3-12-5/h1-3,6H,4,11H2/t6-/m0/s1. The first-order chi connectivity index (χ1) is 5.50. The molecule has 0 saturated carbocycles. The van der Waals surface area contributed by atoms with E-state index in [1.165, 1.54) is 18.4 Å². The maximum atomic E-state index is 11.9. The first-order valence-electron chi connectivity index (χ1n) is 3.35. The van der Waals surface area contributed by atoms with Gasteiger partial charge in [-0.15, -0.1) is 0 Å². The minimum atomic E-state index is -4.35. The lowest BCUT2D eigenvalue weighted by molar-refractivity contribution is -0.147. The second-order valence-electron chi connectivity index (χ2n) is 2.43. The molecule has 0 aliphatic heterocycles. The minimum Gasteiger partial charge on any atom is -0.469 e. The molecule has 0 fully saturated rings. The average molecular weight is 179 g/mol. The zero-order valence-corrected chi connectivity index (χ0v) is 6.14. The van der Waals surface area contributed by atoms with E-state index in [4.69, 9.17) is 10.2 Å². The highest BCUT2D eigenvalue weighted by Gasteiger charge is 2.36. The van der Waals surface area contributed by atoms with Gasteiger partial charge in [0, 0.05) is 6.42 Å². The Morgan fingerprint density at radius 3 is 2.58 bits per heavy atom. The van der Waals surface area contributed by atoms with Crippen LogP contribution in [-0.2, 0) is 6.42 Å². The fourth-order valence-electron chi connectivity index (χ4n) is 0.761. The topological polar surface area (TPSA) is 39.2 Å². The molecule has 0 aliphatic rings. The third-order valence-corrected chi connectivity index (χ3v) is 1.42. The molecule has 0 saturated heterocycles. The second kappa shape index (κ2) is 3.18. The van der Waals surface area contributed by atoms with Crippen LogP contribution in [0.5, 0.6) is 0 Å². The number of rotatable bonds is 2. The lowest BCUT2D eigenvalue weighted by Gasteiger charge is -2.13. The summed E-state index contributed by atoms with van der Waals surface area (Å²) in [6, 6.07) is 1.15. The van der Waals surface area contributed by atoms with E-state index in [0.29, 0.717) is 0 Å². The Morgan fingerprint density at radius 2 is 2.17 bits per heavy atom. The number of hydrogen-bond acceptors (Lipinski definition) is 2. The van der Waals surface area contributed by atoms with Gasteiger partial charge in [0.25, 0.3) is 0 Å². The summed E-state index contributed by atoms with van der Waals surface area (Å²) in [5, 5.41) is 0. The Hall–Kier alpha value is -0.970. The third kappa shape index (κ3) is 2.27. The van der Waals surface area contributed by atoms with Crippen LogP contribution >= 0.6 is 0 Å². The van der Waals surface area contributed by atoms with Gasteiger partial charge >= 0.3 is 6.18 Å².